The second kappa shape index (κ2) is 7.14. The zero-order valence-electron chi connectivity index (χ0n) is 16.2. The van der Waals surface area contributed by atoms with E-state index >= 15 is 0 Å². The quantitative estimate of drug-likeness (QED) is 0.873. The van der Waals surface area contributed by atoms with E-state index in [0.717, 1.165) is 49.2 Å². The minimum atomic E-state index is 0.147. The van der Waals surface area contributed by atoms with Crippen molar-refractivity contribution in [3.8, 4) is 0 Å². The van der Waals surface area contributed by atoms with E-state index < -0.39 is 0 Å². The van der Waals surface area contributed by atoms with E-state index in [1.807, 2.05) is 19.0 Å². The van der Waals surface area contributed by atoms with Gasteiger partial charge in [0.1, 0.15) is 11.6 Å². The summed E-state index contributed by atoms with van der Waals surface area (Å²) < 4.78 is 0. The van der Waals surface area contributed by atoms with Crippen molar-refractivity contribution >= 4 is 11.7 Å². The van der Waals surface area contributed by atoms with Crippen molar-refractivity contribution in [3.63, 3.8) is 0 Å². The van der Waals surface area contributed by atoms with Crippen LogP contribution in [0, 0.1) is 18.8 Å². The van der Waals surface area contributed by atoms with Crippen molar-refractivity contribution in [2.45, 2.75) is 51.0 Å². The number of aromatic nitrogens is 2. The minimum Gasteiger partial charge on any atom is -0.356 e. The Morgan fingerprint density at radius 1 is 1.19 bits per heavy atom. The molecule has 0 aromatic carbocycles. The first-order valence-electron chi connectivity index (χ1n) is 10.0. The van der Waals surface area contributed by atoms with Crippen molar-refractivity contribution in [1.82, 2.24) is 20.2 Å². The first-order chi connectivity index (χ1) is 12.5. The molecule has 3 fully saturated rings. The molecule has 6 heteroatoms. The molecule has 1 aromatic heterocycles. The van der Waals surface area contributed by atoms with Crippen LogP contribution in [0.15, 0.2) is 6.07 Å². The zero-order chi connectivity index (χ0) is 18.3. The molecule has 2 heterocycles. The maximum Gasteiger partial charge on any atom is 0.234 e. The molecule has 1 saturated heterocycles. The molecule has 0 radical (unpaired) electrons. The first-order valence-corrected chi connectivity index (χ1v) is 10.0. The summed E-state index contributed by atoms with van der Waals surface area (Å²) in [6.45, 7) is 4.71. The van der Waals surface area contributed by atoms with Gasteiger partial charge in [0.15, 0.2) is 0 Å². The molecule has 142 valence electrons. The van der Waals surface area contributed by atoms with Gasteiger partial charge >= 0.3 is 0 Å². The Balaban J connectivity index is 1.38. The fourth-order valence-corrected chi connectivity index (χ4v) is 4.57. The highest BCUT2D eigenvalue weighted by atomic mass is 16.2. The summed E-state index contributed by atoms with van der Waals surface area (Å²) in [4.78, 5) is 26.0. The largest absolute Gasteiger partial charge is 0.356 e. The fourth-order valence-electron chi connectivity index (χ4n) is 4.57. The Kier molecular flexibility index (Phi) is 4.86. The molecule has 1 aromatic rings. The van der Waals surface area contributed by atoms with E-state index in [-0.39, 0.29) is 5.91 Å². The third-order valence-corrected chi connectivity index (χ3v) is 6.00. The van der Waals surface area contributed by atoms with Gasteiger partial charge in [-0.15, -0.1) is 0 Å². The van der Waals surface area contributed by atoms with E-state index in [0.29, 0.717) is 24.4 Å². The molecule has 3 unspecified atom stereocenters. The van der Waals surface area contributed by atoms with Gasteiger partial charge in [-0.3, -0.25) is 4.79 Å². The highest BCUT2D eigenvalue weighted by Crippen LogP contribution is 2.41. The van der Waals surface area contributed by atoms with Crippen LogP contribution in [-0.2, 0) is 4.79 Å². The van der Waals surface area contributed by atoms with E-state index in [9.17, 15) is 4.79 Å². The maximum atomic E-state index is 12.1. The van der Waals surface area contributed by atoms with Crippen LogP contribution in [-0.4, -0.2) is 60.5 Å². The van der Waals surface area contributed by atoms with Gasteiger partial charge in [-0.25, -0.2) is 9.97 Å². The van der Waals surface area contributed by atoms with Crippen LogP contribution in [0.4, 0.5) is 5.82 Å². The van der Waals surface area contributed by atoms with Gasteiger partial charge in [0.2, 0.25) is 5.91 Å². The van der Waals surface area contributed by atoms with Crippen molar-refractivity contribution in [2.75, 3.05) is 38.6 Å². The molecule has 0 bridgehead atoms. The highest BCUT2D eigenvalue weighted by molar-refractivity contribution is 5.78. The Hall–Kier alpha value is -1.69. The number of fused-ring (bicyclic) bond motifs is 1. The SMILES string of the molecule is Cc1cc(N2CC3CCC(NC(=O)CN(C)C)CC3C2)nc(C2CC2)n1. The second-order valence-electron chi connectivity index (χ2n) is 8.74. The van der Waals surface area contributed by atoms with Crippen LogP contribution >= 0.6 is 0 Å². The number of anilines is 1. The van der Waals surface area contributed by atoms with E-state index in [4.69, 9.17) is 4.98 Å². The fraction of sp³-hybridized carbons (Fsp3) is 0.750. The number of nitrogens with one attached hydrogen (secondary N) is 1. The number of hydrogen-bond donors (Lipinski definition) is 1. The van der Waals surface area contributed by atoms with Gasteiger partial charge < -0.3 is 15.1 Å². The third kappa shape index (κ3) is 4.00. The Bertz CT molecular complexity index is 672. The molecule has 1 aliphatic heterocycles. The summed E-state index contributed by atoms with van der Waals surface area (Å²) >= 11 is 0. The molecule has 1 N–H and O–H groups in total. The summed E-state index contributed by atoms with van der Waals surface area (Å²) in [5, 5.41) is 3.23. The molecule has 1 amide bonds. The van der Waals surface area contributed by atoms with Crippen molar-refractivity contribution in [3.05, 3.63) is 17.6 Å². The molecular weight excluding hydrogens is 326 g/mol. The molecule has 2 saturated carbocycles. The average molecular weight is 358 g/mol. The van der Waals surface area contributed by atoms with Gasteiger partial charge in [-0.2, -0.15) is 0 Å². The third-order valence-electron chi connectivity index (χ3n) is 6.00. The normalized spacial score (nSPS) is 28.3. The summed E-state index contributed by atoms with van der Waals surface area (Å²) in [5.41, 5.74) is 1.08. The predicted octanol–water partition coefficient (Wildman–Crippen LogP) is 1.95. The van der Waals surface area contributed by atoms with Crippen molar-refractivity contribution in [2.24, 2.45) is 11.8 Å². The number of carbonyl (C=O) groups excluding carboxylic acids is 1. The lowest BCUT2D eigenvalue weighted by molar-refractivity contribution is -0.122. The predicted molar refractivity (Wildman–Crippen MR) is 102 cm³/mol. The Labute approximate surface area is 156 Å². The van der Waals surface area contributed by atoms with Crippen LogP contribution in [0.2, 0.25) is 0 Å². The second-order valence-corrected chi connectivity index (χ2v) is 8.74. The van der Waals surface area contributed by atoms with Crippen LogP contribution in [0.5, 0.6) is 0 Å². The Morgan fingerprint density at radius 3 is 2.69 bits per heavy atom. The van der Waals surface area contributed by atoms with Gasteiger partial charge in [-0.1, -0.05) is 0 Å². The molecule has 6 nitrogen and oxygen atoms in total. The number of hydrogen-bond acceptors (Lipinski definition) is 5. The smallest absolute Gasteiger partial charge is 0.234 e. The number of amides is 1. The molecule has 3 aliphatic rings. The average Bonchev–Trinajstić information content (AvgIpc) is 3.33. The molecular formula is C20H31N5O. The van der Waals surface area contributed by atoms with E-state index in [1.165, 1.54) is 19.3 Å². The number of rotatable bonds is 5. The lowest BCUT2D eigenvalue weighted by atomic mass is 9.79. The van der Waals surface area contributed by atoms with Crippen molar-refractivity contribution < 1.29 is 4.79 Å². The van der Waals surface area contributed by atoms with Crippen molar-refractivity contribution in [1.29, 1.82) is 0 Å². The summed E-state index contributed by atoms with van der Waals surface area (Å²) in [5.74, 6) is 4.29. The highest BCUT2D eigenvalue weighted by Gasteiger charge is 2.39. The van der Waals surface area contributed by atoms with E-state index in [2.05, 4.69) is 28.2 Å². The Morgan fingerprint density at radius 2 is 1.96 bits per heavy atom. The van der Waals surface area contributed by atoms with Gasteiger partial charge in [0.25, 0.3) is 0 Å². The van der Waals surface area contributed by atoms with Crippen LogP contribution in [0.3, 0.4) is 0 Å². The van der Waals surface area contributed by atoms with Crippen LogP contribution in [0.25, 0.3) is 0 Å². The van der Waals surface area contributed by atoms with Crippen LogP contribution < -0.4 is 10.2 Å². The lowest BCUT2D eigenvalue weighted by Crippen LogP contribution is -2.43. The molecule has 0 spiro atoms. The van der Waals surface area contributed by atoms with Gasteiger partial charge in [0.05, 0.1) is 6.54 Å². The standard InChI is InChI=1S/C20H31N5O/c1-13-8-18(23-20(21-13)14-4-5-14)25-10-15-6-7-17(9-16(15)11-25)22-19(26)12-24(2)3/h8,14-17H,4-7,9-12H2,1-3H3,(H,22,26). The van der Waals surface area contributed by atoms with Crippen LogP contribution in [0.1, 0.15) is 49.5 Å². The summed E-state index contributed by atoms with van der Waals surface area (Å²) in [6.07, 6.45) is 5.88. The number of carbonyl (C=O) groups is 1. The molecule has 26 heavy (non-hydrogen) atoms. The van der Waals surface area contributed by atoms with Gasteiger partial charge in [-0.05, 0) is 65.0 Å². The monoisotopic (exact) mass is 357 g/mol. The van der Waals surface area contributed by atoms with E-state index in [1.54, 1.807) is 0 Å². The first kappa shape index (κ1) is 17.7. The topological polar surface area (TPSA) is 61.4 Å². The number of likely N-dealkylation sites (N-methyl/N-ethyl adjacent to an activating group) is 1. The molecule has 3 atom stereocenters. The maximum absolute atomic E-state index is 12.1. The van der Waals surface area contributed by atoms with Gasteiger partial charge in [0, 0.05) is 36.8 Å². The summed E-state index contributed by atoms with van der Waals surface area (Å²) in [7, 11) is 3.87. The molecule has 4 rings (SSSR count). The zero-order valence-corrected chi connectivity index (χ0v) is 16.2. The lowest BCUT2D eigenvalue weighted by Gasteiger charge is -2.31. The summed E-state index contributed by atoms with van der Waals surface area (Å²) in [6, 6.07) is 2.47. The number of nitrogens with zero attached hydrogens (tertiary/aromatic N) is 4. The number of aryl methyl sites for hydroxylation is 1. The minimum absolute atomic E-state index is 0.147. The molecule has 2 aliphatic carbocycles.